The van der Waals surface area contributed by atoms with Crippen LogP contribution >= 0.6 is 0 Å². The highest BCUT2D eigenvalue weighted by atomic mass is 16.5. The zero-order valence-corrected chi connectivity index (χ0v) is 18.7. The van der Waals surface area contributed by atoms with Crippen molar-refractivity contribution in [3.8, 4) is 28.5 Å². The van der Waals surface area contributed by atoms with Gasteiger partial charge in [0.1, 0.15) is 22.9 Å². The molecule has 7 nitrogen and oxygen atoms in total. The van der Waals surface area contributed by atoms with Crippen molar-refractivity contribution in [2.24, 2.45) is 0 Å². The lowest BCUT2D eigenvalue weighted by molar-refractivity contribution is 0.102. The van der Waals surface area contributed by atoms with Crippen molar-refractivity contribution in [2.75, 3.05) is 26.6 Å². The average molecular weight is 444 g/mol. The number of carbonyl (C=O) groups is 1. The van der Waals surface area contributed by atoms with Gasteiger partial charge in [-0.3, -0.25) is 9.48 Å². The van der Waals surface area contributed by atoms with Crippen molar-refractivity contribution < 1.29 is 19.0 Å². The van der Waals surface area contributed by atoms with Crippen LogP contribution in [0.3, 0.4) is 0 Å². The first-order chi connectivity index (χ1) is 16.1. The quantitative estimate of drug-likeness (QED) is 0.420. The molecule has 4 aromatic rings. The summed E-state index contributed by atoms with van der Waals surface area (Å²) in [6, 6.07) is 22.7. The number of amides is 1. The average Bonchev–Trinajstić information content (AvgIpc) is 3.28. The fraction of sp³-hybridized carbons (Fsp3) is 0.154. The van der Waals surface area contributed by atoms with E-state index in [0.29, 0.717) is 35.0 Å². The Hall–Kier alpha value is -4.26. The van der Waals surface area contributed by atoms with E-state index in [1.165, 1.54) is 0 Å². The molecular weight excluding hydrogens is 418 g/mol. The SMILES string of the molecule is COc1ccc(-c2nn(Cc3ccccc3)cc2C(=O)Nc2cc(OC)ccc2OC)cc1. The van der Waals surface area contributed by atoms with Gasteiger partial charge in [0.25, 0.3) is 5.91 Å². The van der Waals surface area contributed by atoms with Gasteiger partial charge in [-0.15, -0.1) is 0 Å². The van der Waals surface area contributed by atoms with Crippen molar-refractivity contribution in [2.45, 2.75) is 6.54 Å². The van der Waals surface area contributed by atoms with Crippen LogP contribution in [0.25, 0.3) is 11.3 Å². The first-order valence-electron chi connectivity index (χ1n) is 10.4. The van der Waals surface area contributed by atoms with Crippen molar-refractivity contribution >= 4 is 11.6 Å². The summed E-state index contributed by atoms with van der Waals surface area (Å²) in [6.07, 6.45) is 1.76. The summed E-state index contributed by atoms with van der Waals surface area (Å²) in [5.41, 5.74) is 3.43. The molecule has 0 saturated carbocycles. The highest BCUT2D eigenvalue weighted by molar-refractivity contribution is 6.08. The van der Waals surface area contributed by atoms with E-state index in [-0.39, 0.29) is 5.91 Å². The van der Waals surface area contributed by atoms with Gasteiger partial charge in [0.15, 0.2) is 0 Å². The van der Waals surface area contributed by atoms with Crippen LogP contribution in [-0.4, -0.2) is 37.0 Å². The fourth-order valence-electron chi connectivity index (χ4n) is 3.50. The van der Waals surface area contributed by atoms with Crippen LogP contribution in [0.15, 0.2) is 79.0 Å². The maximum atomic E-state index is 13.4. The lowest BCUT2D eigenvalue weighted by Gasteiger charge is -2.12. The Morgan fingerprint density at radius 2 is 1.58 bits per heavy atom. The maximum Gasteiger partial charge on any atom is 0.259 e. The third-order valence-electron chi connectivity index (χ3n) is 5.21. The molecule has 0 bridgehead atoms. The molecule has 33 heavy (non-hydrogen) atoms. The number of aromatic nitrogens is 2. The van der Waals surface area contributed by atoms with E-state index in [9.17, 15) is 4.79 Å². The monoisotopic (exact) mass is 443 g/mol. The van der Waals surface area contributed by atoms with Crippen LogP contribution < -0.4 is 19.5 Å². The zero-order chi connectivity index (χ0) is 23.2. The summed E-state index contributed by atoms with van der Waals surface area (Å²) < 4.78 is 17.7. The van der Waals surface area contributed by atoms with Gasteiger partial charge in [0.05, 0.1) is 39.1 Å². The number of methoxy groups -OCH3 is 3. The van der Waals surface area contributed by atoms with Gasteiger partial charge >= 0.3 is 0 Å². The smallest absolute Gasteiger partial charge is 0.259 e. The minimum Gasteiger partial charge on any atom is -0.497 e. The summed E-state index contributed by atoms with van der Waals surface area (Å²) in [5.74, 6) is 1.58. The molecule has 0 radical (unpaired) electrons. The molecule has 0 fully saturated rings. The third kappa shape index (κ3) is 4.98. The van der Waals surface area contributed by atoms with Crippen LogP contribution in [-0.2, 0) is 6.54 Å². The van der Waals surface area contributed by atoms with Crippen molar-refractivity contribution in [1.82, 2.24) is 9.78 Å². The highest BCUT2D eigenvalue weighted by Gasteiger charge is 2.20. The number of nitrogens with one attached hydrogen (secondary N) is 1. The van der Waals surface area contributed by atoms with Gasteiger partial charge < -0.3 is 19.5 Å². The Bertz CT molecular complexity index is 1230. The molecule has 3 aromatic carbocycles. The van der Waals surface area contributed by atoms with Gasteiger partial charge in [-0.1, -0.05) is 30.3 Å². The van der Waals surface area contributed by atoms with Crippen molar-refractivity contribution in [1.29, 1.82) is 0 Å². The Labute approximate surface area is 192 Å². The number of benzene rings is 3. The standard InChI is InChI=1S/C26H25N3O4/c1-31-20-11-9-19(10-12-20)25-22(17-29(28-25)16-18-7-5-4-6-8-18)26(30)27-23-15-21(32-2)13-14-24(23)33-3/h4-15,17H,16H2,1-3H3,(H,27,30). The van der Waals surface area contributed by atoms with Gasteiger partial charge in [-0.25, -0.2) is 0 Å². The molecule has 0 unspecified atom stereocenters. The maximum absolute atomic E-state index is 13.4. The van der Waals surface area contributed by atoms with E-state index in [1.807, 2.05) is 54.6 Å². The molecule has 0 aliphatic heterocycles. The van der Waals surface area contributed by atoms with E-state index < -0.39 is 0 Å². The summed E-state index contributed by atoms with van der Waals surface area (Å²) in [6.45, 7) is 0.541. The highest BCUT2D eigenvalue weighted by Crippen LogP contribution is 2.31. The Kier molecular flexibility index (Phi) is 6.59. The number of hydrogen-bond acceptors (Lipinski definition) is 5. The lowest BCUT2D eigenvalue weighted by atomic mass is 10.1. The molecule has 0 aliphatic carbocycles. The molecule has 1 amide bonds. The summed E-state index contributed by atoms with van der Waals surface area (Å²) in [4.78, 5) is 13.4. The van der Waals surface area contributed by atoms with Gasteiger partial charge in [-0.2, -0.15) is 5.10 Å². The fourth-order valence-corrected chi connectivity index (χ4v) is 3.50. The second-order valence-corrected chi connectivity index (χ2v) is 7.32. The number of carbonyl (C=O) groups excluding carboxylic acids is 1. The third-order valence-corrected chi connectivity index (χ3v) is 5.21. The molecule has 7 heteroatoms. The van der Waals surface area contributed by atoms with Crippen LogP contribution in [0.4, 0.5) is 5.69 Å². The van der Waals surface area contributed by atoms with E-state index in [2.05, 4.69) is 5.32 Å². The largest absolute Gasteiger partial charge is 0.497 e. The molecule has 4 rings (SSSR count). The Morgan fingerprint density at radius 1 is 0.879 bits per heavy atom. The zero-order valence-electron chi connectivity index (χ0n) is 18.7. The number of nitrogens with zero attached hydrogens (tertiary/aromatic N) is 2. The van der Waals surface area contributed by atoms with Crippen LogP contribution in [0.5, 0.6) is 17.2 Å². The second kappa shape index (κ2) is 9.91. The van der Waals surface area contributed by atoms with Crippen molar-refractivity contribution in [3.63, 3.8) is 0 Å². The van der Waals surface area contributed by atoms with Gasteiger partial charge in [0.2, 0.25) is 0 Å². The predicted molar refractivity (Wildman–Crippen MR) is 127 cm³/mol. The van der Waals surface area contributed by atoms with Crippen LogP contribution in [0.2, 0.25) is 0 Å². The minimum atomic E-state index is -0.299. The minimum absolute atomic E-state index is 0.299. The van der Waals surface area contributed by atoms with E-state index >= 15 is 0 Å². The lowest BCUT2D eigenvalue weighted by Crippen LogP contribution is -2.13. The molecule has 1 heterocycles. The van der Waals surface area contributed by atoms with Gasteiger partial charge in [-0.05, 0) is 42.0 Å². The molecule has 1 aromatic heterocycles. The number of anilines is 1. The van der Waals surface area contributed by atoms with E-state index in [0.717, 1.165) is 16.9 Å². The molecule has 0 aliphatic rings. The number of rotatable bonds is 8. The van der Waals surface area contributed by atoms with Crippen LogP contribution in [0, 0.1) is 0 Å². The summed E-state index contributed by atoms with van der Waals surface area (Å²) in [5, 5.41) is 7.67. The predicted octanol–water partition coefficient (Wildman–Crippen LogP) is 4.88. The molecule has 0 saturated heterocycles. The molecule has 0 spiro atoms. The second-order valence-electron chi connectivity index (χ2n) is 7.32. The van der Waals surface area contributed by atoms with E-state index in [4.69, 9.17) is 19.3 Å². The normalized spacial score (nSPS) is 10.5. The first kappa shape index (κ1) is 22.0. The number of hydrogen-bond donors (Lipinski definition) is 1. The molecule has 0 atom stereocenters. The number of ether oxygens (including phenoxy) is 3. The van der Waals surface area contributed by atoms with Crippen molar-refractivity contribution in [3.05, 3.63) is 90.1 Å². The van der Waals surface area contributed by atoms with Crippen LogP contribution in [0.1, 0.15) is 15.9 Å². The molecule has 1 N–H and O–H groups in total. The topological polar surface area (TPSA) is 74.6 Å². The van der Waals surface area contributed by atoms with E-state index in [1.54, 1.807) is 50.4 Å². The Morgan fingerprint density at radius 3 is 2.24 bits per heavy atom. The Balaban J connectivity index is 1.71. The first-order valence-corrected chi connectivity index (χ1v) is 10.4. The van der Waals surface area contributed by atoms with Gasteiger partial charge in [0, 0.05) is 17.8 Å². The summed E-state index contributed by atoms with van der Waals surface area (Å²) in [7, 11) is 4.74. The summed E-state index contributed by atoms with van der Waals surface area (Å²) >= 11 is 0. The molecular formula is C26H25N3O4. The molecule has 168 valence electrons.